The van der Waals surface area contributed by atoms with Crippen LogP contribution in [0.3, 0.4) is 0 Å². The van der Waals surface area contributed by atoms with Crippen molar-refractivity contribution in [2.24, 2.45) is 23.0 Å². The lowest BCUT2D eigenvalue weighted by atomic mass is 9.57. The quantitative estimate of drug-likeness (QED) is 0.380. The number of amides is 1. The number of primary amides is 1. The first-order valence-corrected chi connectivity index (χ1v) is 12.2. The van der Waals surface area contributed by atoms with E-state index in [1.54, 1.807) is 0 Å². The summed E-state index contributed by atoms with van der Waals surface area (Å²) in [6.45, 7) is 5.91. The van der Waals surface area contributed by atoms with Gasteiger partial charge in [-0.3, -0.25) is 19.3 Å². The van der Waals surface area contributed by atoms with Gasteiger partial charge in [0.1, 0.15) is 28.7 Å². The van der Waals surface area contributed by atoms with Crippen LogP contribution in [0.4, 0.5) is 4.39 Å². The Bertz CT molecular complexity index is 1290. The molecule has 4 atom stereocenters. The molecule has 0 radical (unpaired) electrons. The Kier molecular flexibility index (Phi) is 6.28. The van der Waals surface area contributed by atoms with Crippen LogP contribution in [-0.4, -0.2) is 68.5 Å². The van der Waals surface area contributed by atoms with Gasteiger partial charge in [-0.25, -0.2) is 4.39 Å². The Morgan fingerprint density at radius 3 is 2.38 bits per heavy atom. The Morgan fingerprint density at radius 2 is 1.84 bits per heavy atom. The summed E-state index contributed by atoms with van der Waals surface area (Å²) >= 11 is 0. The smallest absolute Gasteiger partial charge is 0.255 e. The molecule has 0 saturated heterocycles. The van der Waals surface area contributed by atoms with Gasteiger partial charge in [0.25, 0.3) is 5.91 Å². The maximum Gasteiger partial charge on any atom is 0.255 e. The van der Waals surface area contributed by atoms with Crippen molar-refractivity contribution in [2.75, 3.05) is 14.1 Å². The number of phenols is 1. The predicted octanol–water partition coefficient (Wildman–Crippen LogP) is 2.08. The van der Waals surface area contributed by atoms with Crippen LogP contribution >= 0.6 is 0 Å². The average molecular weight is 517 g/mol. The number of halogens is 1. The van der Waals surface area contributed by atoms with Gasteiger partial charge >= 0.3 is 0 Å². The van der Waals surface area contributed by atoms with Crippen molar-refractivity contribution in [1.29, 1.82) is 0 Å². The van der Waals surface area contributed by atoms with E-state index < -0.39 is 69.6 Å². The summed E-state index contributed by atoms with van der Waals surface area (Å²) in [5.74, 6) is -7.97. The maximum absolute atomic E-state index is 15.1. The van der Waals surface area contributed by atoms with Crippen molar-refractivity contribution in [2.45, 2.75) is 58.1 Å². The summed E-state index contributed by atoms with van der Waals surface area (Å²) in [7, 11) is 3.06. The zero-order valence-corrected chi connectivity index (χ0v) is 21.6. The number of aromatic hydroxyl groups is 1. The Morgan fingerprint density at radius 1 is 1.22 bits per heavy atom. The van der Waals surface area contributed by atoms with Gasteiger partial charge in [-0.15, -0.1) is 0 Å². The summed E-state index contributed by atoms with van der Waals surface area (Å²) in [5.41, 5.74) is 1.56. The van der Waals surface area contributed by atoms with Crippen LogP contribution < -0.4 is 5.73 Å². The number of rotatable bonds is 4. The fraction of sp³-hybridized carbons (Fsp3) is 0.519. The first-order valence-electron chi connectivity index (χ1n) is 12.2. The molecule has 0 aliphatic heterocycles. The molecule has 3 aliphatic rings. The van der Waals surface area contributed by atoms with Crippen LogP contribution in [0.25, 0.3) is 5.76 Å². The number of fused-ring (bicyclic) bond motifs is 3. The van der Waals surface area contributed by atoms with Gasteiger partial charge in [-0.1, -0.05) is 20.8 Å². The minimum absolute atomic E-state index is 0.00816. The van der Waals surface area contributed by atoms with Crippen LogP contribution in [0.5, 0.6) is 5.75 Å². The first-order chi connectivity index (χ1) is 17.0. The number of hydrogen-bond acceptors (Lipinski definition) is 8. The monoisotopic (exact) mass is 516 g/mol. The van der Waals surface area contributed by atoms with Crippen LogP contribution in [0.15, 0.2) is 23.0 Å². The molecule has 4 rings (SSSR count). The van der Waals surface area contributed by atoms with Crippen LogP contribution in [0, 0.1) is 23.1 Å². The SMILES string of the molecule is CN(C)[C@@H]1C(=O)C(C(N)=O)=C(O)[C@@]2(O)C(=O)C3=C(O)c4c(cc(F)c(CCC(C)(C)C)c4O)C[C@H]3C[C@@H]12. The van der Waals surface area contributed by atoms with E-state index in [2.05, 4.69) is 0 Å². The van der Waals surface area contributed by atoms with E-state index in [0.717, 1.165) is 0 Å². The standard InChI is InChI=1S/C27H33FN2O7/c1-26(2,3)7-6-13-15(28)10-12-8-11-9-14-19(30(4)5)22(33)18(25(29)36)24(35)27(14,37)23(34)17(11)21(32)16(12)20(13)31/h10-11,14,19,31-32,35,37H,6-9H2,1-5H3,(H2,29,36)/t11-,14-,19-,27-/m0/s1. The van der Waals surface area contributed by atoms with E-state index in [-0.39, 0.29) is 41.4 Å². The normalized spacial score (nSPS) is 27.8. The van der Waals surface area contributed by atoms with E-state index >= 15 is 4.39 Å². The van der Waals surface area contributed by atoms with Gasteiger partial charge in [-0.05, 0) is 62.7 Å². The van der Waals surface area contributed by atoms with Crippen molar-refractivity contribution in [3.8, 4) is 5.75 Å². The number of ketones is 2. The van der Waals surface area contributed by atoms with Crippen LogP contribution in [-0.2, 0) is 27.2 Å². The highest BCUT2D eigenvalue weighted by Gasteiger charge is 2.64. The highest BCUT2D eigenvalue weighted by atomic mass is 19.1. The maximum atomic E-state index is 15.1. The van der Waals surface area contributed by atoms with Crippen LogP contribution in [0.2, 0.25) is 0 Å². The molecule has 3 aliphatic carbocycles. The van der Waals surface area contributed by atoms with Gasteiger partial charge in [0.05, 0.1) is 11.6 Å². The van der Waals surface area contributed by atoms with Crippen molar-refractivity contribution < 1.29 is 39.2 Å². The number of nitrogens with zero attached hydrogens (tertiary/aromatic N) is 1. The molecule has 1 aromatic rings. The lowest BCUT2D eigenvalue weighted by molar-refractivity contribution is -0.153. The number of aliphatic hydroxyl groups excluding tert-OH is 2. The summed E-state index contributed by atoms with van der Waals surface area (Å²) in [5, 5.41) is 44.7. The van der Waals surface area contributed by atoms with Crippen molar-refractivity contribution >= 4 is 23.2 Å². The topological polar surface area (TPSA) is 161 Å². The molecular weight excluding hydrogens is 483 g/mol. The Hall–Kier alpha value is -3.24. The molecular formula is C27H33FN2O7. The van der Waals surface area contributed by atoms with E-state index in [4.69, 9.17) is 5.73 Å². The predicted molar refractivity (Wildman–Crippen MR) is 132 cm³/mol. The molecule has 9 nitrogen and oxygen atoms in total. The summed E-state index contributed by atoms with van der Waals surface area (Å²) in [6.07, 6.45) is 0.752. The molecule has 200 valence electrons. The fourth-order valence-electron chi connectivity index (χ4n) is 6.04. The largest absolute Gasteiger partial charge is 0.508 e. The van der Waals surface area contributed by atoms with Gasteiger partial charge in [0, 0.05) is 17.1 Å². The number of hydrogen-bond donors (Lipinski definition) is 5. The van der Waals surface area contributed by atoms with Crippen molar-refractivity contribution in [1.82, 2.24) is 4.90 Å². The zero-order valence-electron chi connectivity index (χ0n) is 21.6. The Labute approximate surface area is 214 Å². The van der Waals surface area contributed by atoms with Crippen molar-refractivity contribution in [3.63, 3.8) is 0 Å². The number of nitrogens with two attached hydrogens (primary N) is 1. The summed E-state index contributed by atoms with van der Waals surface area (Å²) in [6, 6.07) is 0.0749. The lowest BCUT2D eigenvalue weighted by Gasteiger charge is -2.50. The third kappa shape index (κ3) is 3.93. The molecule has 0 bridgehead atoms. The average Bonchev–Trinajstić information content (AvgIpc) is 2.74. The summed E-state index contributed by atoms with van der Waals surface area (Å²) < 4.78 is 15.1. The molecule has 1 amide bonds. The number of phenolic OH excluding ortho intramolecular Hbond substituents is 1. The highest BCUT2D eigenvalue weighted by Crippen LogP contribution is 2.53. The van der Waals surface area contributed by atoms with Gasteiger partial charge in [0.15, 0.2) is 11.4 Å². The molecule has 1 saturated carbocycles. The molecule has 0 aromatic heterocycles. The molecule has 0 unspecified atom stereocenters. The molecule has 37 heavy (non-hydrogen) atoms. The minimum Gasteiger partial charge on any atom is -0.508 e. The number of benzene rings is 1. The first kappa shape index (κ1) is 26.8. The van der Waals surface area contributed by atoms with Gasteiger partial charge in [0.2, 0.25) is 5.78 Å². The van der Waals surface area contributed by atoms with Crippen LogP contribution in [0.1, 0.15) is 50.3 Å². The molecule has 1 fully saturated rings. The lowest BCUT2D eigenvalue weighted by Crippen LogP contribution is -2.65. The molecule has 1 aromatic carbocycles. The second-order valence-corrected chi connectivity index (χ2v) is 11.7. The van der Waals surface area contributed by atoms with E-state index in [9.17, 15) is 34.8 Å². The van der Waals surface area contributed by atoms with Gasteiger partial charge < -0.3 is 26.2 Å². The summed E-state index contributed by atoms with van der Waals surface area (Å²) in [4.78, 5) is 40.4. The molecule has 0 heterocycles. The second-order valence-electron chi connectivity index (χ2n) is 11.7. The van der Waals surface area contributed by atoms with E-state index in [1.165, 1.54) is 25.1 Å². The Balaban J connectivity index is 1.91. The zero-order chi connectivity index (χ0) is 27.8. The van der Waals surface area contributed by atoms with Gasteiger partial charge in [-0.2, -0.15) is 0 Å². The number of carbonyl (C=O) groups is 3. The number of Topliss-reactive ketones (excluding diaryl/α,β-unsaturated/α-hetero) is 2. The molecule has 10 heteroatoms. The number of carbonyl (C=O) groups excluding carboxylic acids is 3. The van der Waals surface area contributed by atoms with E-state index in [1.807, 2.05) is 20.8 Å². The second kappa shape index (κ2) is 8.66. The van der Waals surface area contributed by atoms with Crippen molar-refractivity contribution in [3.05, 3.63) is 45.5 Å². The number of likely N-dealkylation sites (N-methyl/N-ethyl adjacent to an activating group) is 1. The molecule has 0 spiro atoms. The minimum atomic E-state index is -2.70. The number of aliphatic hydroxyl groups is 3. The molecule has 6 N–H and O–H groups in total. The highest BCUT2D eigenvalue weighted by molar-refractivity contribution is 6.24. The van der Waals surface area contributed by atoms with E-state index in [0.29, 0.717) is 12.0 Å². The third-order valence-electron chi connectivity index (χ3n) is 7.89. The fourth-order valence-corrected chi connectivity index (χ4v) is 6.04. The third-order valence-corrected chi connectivity index (χ3v) is 7.89.